The highest BCUT2D eigenvalue weighted by Crippen LogP contribution is 2.31. The van der Waals surface area contributed by atoms with Gasteiger partial charge in [-0.15, -0.1) is 0 Å². The fraction of sp³-hybridized carbons (Fsp3) is 0.667. The quantitative estimate of drug-likeness (QED) is 0.817. The Morgan fingerprint density at radius 3 is 2.90 bits per heavy atom. The van der Waals surface area contributed by atoms with Gasteiger partial charge in [0.15, 0.2) is 0 Å². The molecule has 118 valence electrons. The van der Waals surface area contributed by atoms with Gasteiger partial charge >= 0.3 is 0 Å². The Hall–Kier alpha value is -0.710. The van der Waals surface area contributed by atoms with Gasteiger partial charge in [0.25, 0.3) is 0 Å². The van der Waals surface area contributed by atoms with E-state index in [9.17, 15) is 0 Å². The molecule has 1 aromatic rings. The summed E-state index contributed by atoms with van der Waals surface area (Å²) in [4.78, 5) is 6.77. The van der Waals surface area contributed by atoms with Crippen LogP contribution in [0.2, 0.25) is 10.0 Å². The molecule has 0 aliphatic carbocycles. The van der Waals surface area contributed by atoms with E-state index in [1.54, 1.807) is 6.07 Å². The number of aromatic nitrogens is 1. The lowest BCUT2D eigenvalue weighted by Gasteiger charge is -2.19. The lowest BCUT2D eigenvalue weighted by molar-refractivity contribution is 0.229. The summed E-state index contributed by atoms with van der Waals surface area (Å²) in [6.07, 6.45) is 4.51. The minimum absolute atomic E-state index is 0.459. The maximum Gasteiger partial charge on any atom is 0.234 e. The molecule has 1 saturated heterocycles. The monoisotopic (exact) mass is 331 g/mol. The summed E-state index contributed by atoms with van der Waals surface area (Å²) in [5.41, 5.74) is 0. The third kappa shape index (κ3) is 4.63. The average molecular weight is 332 g/mol. The van der Waals surface area contributed by atoms with E-state index in [1.165, 1.54) is 19.4 Å². The van der Waals surface area contributed by atoms with E-state index in [4.69, 9.17) is 27.9 Å². The molecule has 0 amide bonds. The fourth-order valence-corrected chi connectivity index (χ4v) is 3.03. The van der Waals surface area contributed by atoms with Crippen molar-refractivity contribution in [3.63, 3.8) is 0 Å². The number of nitrogens with zero attached hydrogens (tertiary/aromatic N) is 2. The Labute approximate surface area is 136 Å². The normalized spacial score (nSPS) is 19.0. The van der Waals surface area contributed by atoms with Crippen LogP contribution in [0.1, 0.15) is 32.6 Å². The molecule has 1 fully saturated rings. The van der Waals surface area contributed by atoms with Crippen LogP contribution in [0.4, 0.5) is 5.82 Å². The molecule has 0 aromatic carbocycles. The van der Waals surface area contributed by atoms with Gasteiger partial charge in [-0.05, 0) is 45.3 Å². The number of ether oxygens (including phenoxy) is 1. The predicted octanol–water partition coefficient (Wildman–Crippen LogP) is 4.07. The lowest BCUT2D eigenvalue weighted by Crippen LogP contribution is -2.26. The van der Waals surface area contributed by atoms with E-state index >= 15 is 0 Å². The van der Waals surface area contributed by atoms with Crippen molar-refractivity contribution in [1.29, 1.82) is 0 Å². The summed E-state index contributed by atoms with van der Waals surface area (Å²) in [6, 6.07) is 2.29. The summed E-state index contributed by atoms with van der Waals surface area (Å²) >= 11 is 12.3. The zero-order valence-electron chi connectivity index (χ0n) is 12.7. The zero-order valence-corrected chi connectivity index (χ0v) is 14.2. The molecule has 1 aliphatic heterocycles. The first-order valence-corrected chi connectivity index (χ1v) is 8.30. The molecular weight excluding hydrogens is 309 g/mol. The van der Waals surface area contributed by atoms with Crippen LogP contribution in [-0.4, -0.2) is 42.7 Å². The molecule has 2 heterocycles. The van der Waals surface area contributed by atoms with Crippen molar-refractivity contribution in [2.75, 3.05) is 32.1 Å². The van der Waals surface area contributed by atoms with Gasteiger partial charge in [0, 0.05) is 12.6 Å². The highest BCUT2D eigenvalue weighted by atomic mass is 35.5. The van der Waals surface area contributed by atoms with Gasteiger partial charge in [0.05, 0.1) is 11.6 Å². The number of rotatable bonds is 7. The molecular formula is C15H23Cl2N3O. The van der Waals surface area contributed by atoms with Crippen molar-refractivity contribution >= 4 is 29.0 Å². The van der Waals surface area contributed by atoms with Crippen molar-refractivity contribution < 1.29 is 4.74 Å². The topological polar surface area (TPSA) is 37.4 Å². The number of hydrogen-bond donors (Lipinski definition) is 1. The van der Waals surface area contributed by atoms with Crippen LogP contribution < -0.4 is 10.1 Å². The van der Waals surface area contributed by atoms with Crippen LogP contribution in [0, 0.1) is 0 Å². The Balaban J connectivity index is 1.92. The Morgan fingerprint density at radius 2 is 2.24 bits per heavy atom. The predicted molar refractivity (Wildman–Crippen MR) is 88.8 cm³/mol. The van der Waals surface area contributed by atoms with Gasteiger partial charge in [-0.3, -0.25) is 0 Å². The molecule has 1 aromatic heterocycles. The first-order chi connectivity index (χ1) is 10.1. The van der Waals surface area contributed by atoms with E-state index in [2.05, 4.69) is 29.2 Å². The maximum atomic E-state index is 6.15. The minimum atomic E-state index is 0.459. The first kappa shape index (κ1) is 16.7. The molecule has 1 atom stereocenters. The van der Waals surface area contributed by atoms with Gasteiger partial charge in [-0.2, -0.15) is 4.98 Å². The molecule has 1 unspecified atom stereocenters. The van der Waals surface area contributed by atoms with Crippen molar-refractivity contribution in [3.8, 4) is 5.88 Å². The Morgan fingerprint density at radius 1 is 1.43 bits per heavy atom. The highest BCUT2D eigenvalue weighted by molar-refractivity contribution is 6.36. The van der Waals surface area contributed by atoms with Crippen molar-refractivity contribution in [2.45, 2.75) is 38.6 Å². The molecule has 0 spiro atoms. The van der Waals surface area contributed by atoms with Gasteiger partial charge in [-0.25, -0.2) is 0 Å². The molecule has 1 aliphatic rings. The SMILES string of the molecule is CCCNc1nc(OCCC2CCCN2C)c(Cl)cc1Cl. The first-order valence-electron chi connectivity index (χ1n) is 7.54. The van der Waals surface area contributed by atoms with Crippen LogP contribution in [0.3, 0.4) is 0 Å². The molecule has 21 heavy (non-hydrogen) atoms. The number of anilines is 1. The molecule has 0 saturated carbocycles. The highest BCUT2D eigenvalue weighted by Gasteiger charge is 2.20. The third-order valence-electron chi connectivity index (χ3n) is 3.80. The number of nitrogens with one attached hydrogen (secondary N) is 1. The van der Waals surface area contributed by atoms with E-state index in [-0.39, 0.29) is 0 Å². The van der Waals surface area contributed by atoms with Crippen LogP contribution in [0.25, 0.3) is 0 Å². The summed E-state index contributed by atoms with van der Waals surface area (Å²) in [6.45, 7) is 4.71. The van der Waals surface area contributed by atoms with Gasteiger partial charge in [-0.1, -0.05) is 30.1 Å². The van der Waals surface area contributed by atoms with Crippen LogP contribution in [-0.2, 0) is 0 Å². The molecule has 0 radical (unpaired) electrons. The summed E-state index contributed by atoms with van der Waals surface area (Å²) in [5.74, 6) is 1.09. The number of pyridine rings is 1. The fourth-order valence-electron chi connectivity index (χ4n) is 2.55. The Kier molecular flexibility index (Phi) is 6.40. The van der Waals surface area contributed by atoms with Gasteiger partial charge < -0.3 is 15.0 Å². The summed E-state index contributed by atoms with van der Waals surface area (Å²) < 4.78 is 5.75. The standard InChI is InChI=1S/C15H23Cl2N3O/c1-3-7-18-14-12(16)10-13(17)15(19-14)21-9-6-11-5-4-8-20(11)2/h10-11H,3-9H2,1-2H3,(H,18,19). The Bertz CT molecular complexity index is 470. The van der Waals surface area contributed by atoms with Gasteiger partial charge in [0.2, 0.25) is 5.88 Å². The van der Waals surface area contributed by atoms with Crippen molar-refractivity contribution in [1.82, 2.24) is 9.88 Å². The smallest absolute Gasteiger partial charge is 0.234 e. The molecule has 6 heteroatoms. The number of likely N-dealkylation sites (tertiary alicyclic amines) is 1. The lowest BCUT2D eigenvalue weighted by atomic mass is 10.1. The largest absolute Gasteiger partial charge is 0.476 e. The molecule has 1 N–H and O–H groups in total. The van der Waals surface area contributed by atoms with E-state index in [0.29, 0.717) is 34.4 Å². The minimum Gasteiger partial charge on any atom is -0.476 e. The molecule has 4 nitrogen and oxygen atoms in total. The van der Waals surface area contributed by atoms with Crippen LogP contribution >= 0.6 is 23.2 Å². The summed E-state index contributed by atoms with van der Waals surface area (Å²) in [5, 5.41) is 4.16. The second-order valence-corrected chi connectivity index (χ2v) is 6.26. The van der Waals surface area contributed by atoms with E-state index < -0.39 is 0 Å². The number of halogens is 2. The third-order valence-corrected chi connectivity index (χ3v) is 4.36. The molecule has 0 bridgehead atoms. The average Bonchev–Trinajstić information content (AvgIpc) is 2.85. The second kappa shape index (κ2) is 8.06. The van der Waals surface area contributed by atoms with Crippen molar-refractivity contribution in [3.05, 3.63) is 16.1 Å². The van der Waals surface area contributed by atoms with E-state index in [0.717, 1.165) is 19.4 Å². The van der Waals surface area contributed by atoms with E-state index in [1.807, 2.05) is 0 Å². The van der Waals surface area contributed by atoms with Crippen LogP contribution in [0.15, 0.2) is 6.07 Å². The maximum absolute atomic E-state index is 6.15. The number of hydrogen-bond acceptors (Lipinski definition) is 4. The van der Waals surface area contributed by atoms with Crippen LogP contribution in [0.5, 0.6) is 5.88 Å². The van der Waals surface area contributed by atoms with Gasteiger partial charge in [0.1, 0.15) is 10.8 Å². The molecule has 2 rings (SSSR count). The second-order valence-electron chi connectivity index (χ2n) is 5.45. The van der Waals surface area contributed by atoms with Crippen molar-refractivity contribution in [2.24, 2.45) is 0 Å². The zero-order chi connectivity index (χ0) is 15.2. The summed E-state index contributed by atoms with van der Waals surface area (Å²) in [7, 11) is 2.16.